The van der Waals surface area contributed by atoms with Gasteiger partial charge in [-0.05, 0) is 25.7 Å². The molecule has 5 nitrogen and oxygen atoms in total. The highest BCUT2D eigenvalue weighted by atomic mass is 16.5. The Morgan fingerprint density at radius 1 is 1.44 bits per heavy atom. The molecule has 0 saturated carbocycles. The minimum atomic E-state index is 0.211. The molecule has 0 spiro atoms. The molecular formula is C13H23N3O2. The van der Waals surface area contributed by atoms with E-state index < -0.39 is 0 Å². The van der Waals surface area contributed by atoms with Crippen LogP contribution in [-0.4, -0.2) is 34.8 Å². The van der Waals surface area contributed by atoms with Gasteiger partial charge in [-0.3, -0.25) is 0 Å². The molecule has 0 radical (unpaired) electrons. The van der Waals surface area contributed by atoms with Crippen molar-refractivity contribution in [3.8, 4) is 5.88 Å². The SMILES string of the molecule is CCCOc1cc(C)nc(NCC(C)CCO)n1. The number of nitrogens with zero attached hydrogens (tertiary/aromatic N) is 2. The van der Waals surface area contributed by atoms with Gasteiger partial charge in [0.05, 0.1) is 6.61 Å². The molecule has 1 aromatic heterocycles. The number of hydrogen-bond acceptors (Lipinski definition) is 5. The van der Waals surface area contributed by atoms with Crippen molar-refractivity contribution in [2.75, 3.05) is 25.1 Å². The minimum Gasteiger partial charge on any atom is -0.478 e. The average Bonchev–Trinajstić information content (AvgIpc) is 2.34. The Bertz CT molecular complexity index is 358. The highest BCUT2D eigenvalue weighted by Gasteiger charge is 2.05. The number of nitrogens with one attached hydrogen (secondary N) is 1. The smallest absolute Gasteiger partial charge is 0.226 e. The lowest BCUT2D eigenvalue weighted by molar-refractivity contribution is 0.265. The predicted octanol–water partition coefficient (Wildman–Crippen LogP) is 2.00. The molecule has 1 unspecified atom stereocenters. The number of hydrogen-bond donors (Lipinski definition) is 2. The molecule has 0 aliphatic carbocycles. The number of aliphatic hydroxyl groups excluding tert-OH is 1. The van der Waals surface area contributed by atoms with Crippen molar-refractivity contribution in [1.29, 1.82) is 0 Å². The maximum Gasteiger partial charge on any atom is 0.226 e. The van der Waals surface area contributed by atoms with E-state index in [0.29, 0.717) is 24.4 Å². The monoisotopic (exact) mass is 253 g/mol. The quantitative estimate of drug-likeness (QED) is 0.741. The van der Waals surface area contributed by atoms with E-state index in [1.807, 2.05) is 13.0 Å². The Kier molecular flexibility index (Phi) is 6.43. The van der Waals surface area contributed by atoms with Gasteiger partial charge in [-0.1, -0.05) is 13.8 Å². The summed E-state index contributed by atoms with van der Waals surface area (Å²) in [7, 11) is 0. The first-order valence-corrected chi connectivity index (χ1v) is 6.49. The Morgan fingerprint density at radius 2 is 2.22 bits per heavy atom. The van der Waals surface area contributed by atoms with Crippen LogP contribution >= 0.6 is 0 Å². The summed E-state index contributed by atoms with van der Waals surface area (Å²) in [5, 5.41) is 12.0. The van der Waals surface area contributed by atoms with E-state index in [1.54, 1.807) is 0 Å². The van der Waals surface area contributed by atoms with Crippen LogP contribution in [0.25, 0.3) is 0 Å². The zero-order valence-corrected chi connectivity index (χ0v) is 11.4. The Balaban J connectivity index is 2.56. The van der Waals surface area contributed by atoms with Crippen LogP contribution in [0.15, 0.2) is 6.07 Å². The van der Waals surface area contributed by atoms with E-state index in [4.69, 9.17) is 9.84 Å². The van der Waals surface area contributed by atoms with Gasteiger partial charge in [0.15, 0.2) is 0 Å². The Morgan fingerprint density at radius 3 is 2.89 bits per heavy atom. The summed E-state index contributed by atoms with van der Waals surface area (Å²) < 4.78 is 5.50. The normalized spacial score (nSPS) is 12.2. The highest BCUT2D eigenvalue weighted by molar-refractivity contribution is 5.30. The van der Waals surface area contributed by atoms with Gasteiger partial charge in [-0.25, -0.2) is 4.98 Å². The molecule has 5 heteroatoms. The number of rotatable bonds is 8. The fraction of sp³-hybridized carbons (Fsp3) is 0.692. The van der Waals surface area contributed by atoms with E-state index in [9.17, 15) is 0 Å². The van der Waals surface area contributed by atoms with Gasteiger partial charge in [0.25, 0.3) is 0 Å². The maximum atomic E-state index is 8.84. The molecule has 0 bridgehead atoms. The van der Waals surface area contributed by atoms with Gasteiger partial charge in [-0.2, -0.15) is 4.98 Å². The van der Waals surface area contributed by atoms with Crippen LogP contribution in [0.3, 0.4) is 0 Å². The average molecular weight is 253 g/mol. The van der Waals surface area contributed by atoms with Crippen molar-refractivity contribution < 1.29 is 9.84 Å². The molecule has 0 aliphatic rings. The molecule has 2 N–H and O–H groups in total. The van der Waals surface area contributed by atoms with Gasteiger partial charge in [-0.15, -0.1) is 0 Å². The number of anilines is 1. The molecule has 102 valence electrons. The topological polar surface area (TPSA) is 67.3 Å². The van der Waals surface area contributed by atoms with Gasteiger partial charge >= 0.3 is 0 Å². The zero-order chi connectivity index (χ0) is 13.4. The van der Waals surface area contributed by atoms with Crippen LogP contribution in [0.4, 0.5) is 5.95 Å². The van der Waals surface area contributed by atoms with Crippen LogP contribution in [0.1, 0.15) is 32.4 Å². The van der Waals surface area contributed by atoms with Gasteiger partial charge in [0.1, 0.15) is 0 Å². The first-order chi connectivity index (χ1) is 8.65. The van der Waals surface area contributed by atoms with Crippen LogP contribution in [0.2, 0.25) is 0 Å². The van der Waals surface area contributed by atoms with Crippen molar-refractivity contribution in [3.05, 3.63) is 11.8 Å². The van der Waals surface area contributed by atoms with Crippen LogP contribution in [-0.2, 0) is 0 Å². The maximum absolute atomic E-state index is 8.84. The second-order valence-electron chi connectivity index (χ2n) is 4.52. The first-order valence-electron chi connectivity index (χ1n) is 6.49. The fourth-order valence-corrected chi connectivity index (χ4v) is 1.49. The van der Waals surface area contributed by atoms with Crippen molar-refractivity contribution in [2.45, 2.75) is 33.6 Å². The van der Waals surface area contributed by atoms with E-state index in [0.717, 1.165) is 25.1 Å². The Labute approximate surface area is 109 Å². The third kappa shape index (κ3) is 5.31. The summed E-state index contributed by atoms with van der Waals surface area (Å²) in [5.41, 5.74) is 0.883. The molecular weight excluding hydrogens is 230 g/mol. The Hall–Kier alpha value is -1.36. The third-order valence-electron chi connectivity index (χ3n) is 2.52. The van der Waals surface area contributed by atoms with E-state index in [-0.39, 0.29) is 6.61 Å². The lowest BCUT2D eigenvalue weighted by atomic mass is 10.1. The van der Waals surface area contributed by atoms with E-state index >= 15 is 0 Å². The summed E-state index contributed by atoms with van der Waals surface area (Å²) >= 11 is 0. The summed E-state index contributed by atoms with van der Waals surface area (Å²) in [4.78, 5) is 8.61. The second-order valence-corrected chi connectivity index (χ2v) is 4.52. The van der Waals surface area contributed by atoms with Crippen LogP contribution in [0.5, 0.6) is 5.88 Å². The van der Waals surface area contributed by atoms with Crippen LogP contribution in [0, 0.1) is 12.8 Å². The lowest BCUT2D eigenvalue weighted by Crippen LogP contribution is -2.15. The third-order valence-corrected chi connectivity index (χ3v) is 2.52. The largest absolute Gasteiger partial charge is 0.478 e. The molecule has 1 rings (SSSR count). The van der Waals surface area contributed by atoms with Crippen molar-refractivity contribution in [2.24, 2.45) is 5.92 Å². The number of aliphatic hydroxyl groups is 1. The minimum absolute atomic E-state index is 0.211. The van der Waals surface area contributed by atoms with Crippen molar-refractivity contribution in [3.63, 3.8) is 0 Å². The number of aromatic nitrogens is 2. The van der Waals surface area contributed by atoms with Crippen molar-refractivity contribution >= 4 is 5.95 Å². The summed E-state index contributed by atoms with van der Waals surface area (Å²) in [5.74, 6) is 1.59. The fourth-order valence-electron chi connectivity index (χ4n) is 1.49. The van der Waals surface area contributed by atoms with Gasteiger partial charge < -0.3 is 15.2 Å². The second kappa shape index (κ2) is 7.87. The number of aryl methyl sites for hydroxylation is 1. The summed E-state index contributed by atoms with van der Waals surface area (Å²) in [6.07, 6.45) is 1.73. The molecule has 1 aromatic rings. The molecule has 0 amide bonds. The van der Waals surface area contributed by atoms with E-state index in [1.165, 1.54) is 0 Å². The van der Waals surface area contributed by atoms with Gasteiger partial charge in [0.2, 0.25) is 11.8 Å². The molecule has 0 saturated heterocycles. The first kappa shape index (κ1) is 14.7. The molecule has 18 heavy (non-hydrogen) atoms. The number of ether oxygens (including phenoxy) is 1. The van der Waals surface area contributed by atoms with E-state index in [2.05, 4.69) is 29.1 Å². The van der Waals surface area contributed by atoms with Gasteiger partial charge in [0, 0.05) is 24.9 Å². The van der Waals surface area contributed by atoms with Crippen LogP contribution < -0.4 is 10.1 Å². The summed E-state index contributed by atoms with van der Waals surface area (Å²) in [6, 6.07) is 1.83. The molecule has 0 fully saturated rings. The predicted molar refractivity (Wildman–Crippen MR) is 71.9 cm³/mol. The van der Waals surface area contributed by atoms with Crippen molar-refractivity contribution in [1.82, 2.24) is 9.97 Å². The highest BCUT2D eigenvalue weighted by Crippen LogP contribution is 2.13. The standard InChI is InChI=1S/C13H23N3O2/c1-4-7-18-12-8-11(3)15-13(16-12)14-9-10(2)5-6-17/h8,10,17H,4-7,9H2,1-3H3,(H,14,15,16). The molecule has 0 aromatic carbocycles. The lowest BCUT2D eigenvalue weighted by Gasteiger charge is -2.12. The molecule has 1 heterocycles. The zero-order valence-electron chi connectivity index (χ0n) is 11.4. The summed E-state index contributed by atoms with van der Waals surface area (Å²) in [6.45, 7) is 7.68. The molecule has 1 atom stereocenters. The molecule has 0 aliphatic heterocycles.